The second-order valence-corrected chi connectivity index (χ2v) is 3.97. The van der Waals surface area contributed by atoms with E-state index in [4.69, 9.17) is 0 Å². The molecule has 0 spiro atoms. The quantitative estimate of drug-likeness (QED) is 0.702. The molecule has 1 aliphatic rings. The van der Waals surface area contributed by atoms with Crippen LogP contribution in [-0.2, 0) is 0 Å². The Morgan fingerprint density at radius 2 is 1.85 bits per heavy atom. The predicted molar refractivity (Wildman–Crippen MR) is 51.4 cm³/mol. The minimum Gasteiger partial charge on any atom is -0.206 e. The van der Waals surface area contributed by atoms with Crippen LogP contribution in [0, 0.1) is 5.92 Å². The molecule has 1 aromatic carbocycles. The zero-order chi connectivity index (χ0) is 9.47. The van der Waals surface area contributed by atoms with Crippen LogP contribution in [0.1, 0.15) is 11.5 Å². The van der Waals surface area contributed by atoms with Gasteiger partial charge in [-0.05, 0) is 5.56 Å². The summed E-state index contributed by atoms with van der Waals surface area (Å²) in [5.41, 5.74) is 0.747. The summed E-state index contributed by atoms with van der Waals surface area (Å²) in [6.07, 6.45) is 0. The van der Waals surface area contributed by atoms with Gasteiger partial charge in [0.2, 0.25) is 0 Å². The first kappa shape index (κ1) is 9.13. The molecule has 0 nitrogen and oxygen atoms in total. The molecule has 70 valence electrons. The molecule has 0 saturated heterocycles. The van der Waals surface area contributed by atoms with Crippen LogP contribution in [0.25, 0.3) is 0 Å². The number of benzene rings is 1. The molecular weight excluding hydrogens is 238 g/mol. The average molecular weight is 247 g/mol. The van der Waals surface area contributed by atoms with Gasteiger partial charge in [-0.25, -0.2) is 8.78 Å². The largest absolute Gasteiger partial charge is 0.259 e. The van der Waals surface area contributed by atoms with Gasteiger partial charge in [0.25, 0.3) is 5.92 Å². The Labute approximate surface area is 84.1 Å². The third-order valence-corrected chi connectivity index (χ3v) is 3.22. The number of halogens is 3. The number of hydrogen-bond acceptors (Lipinski definition) is 0. The van der Waals surface area contributed by atoms with Gasteiger partial charge < -0.3 is 0 Å². The van der Waals surface area contributed by atoms with E-state index in [0.717, 1.165) is 5.56 Å². The summed E-state index contributed by atoms with van der Waals surface area (Å²) in [5.74, 6) is -3.60. The summed E-state index contributed by atoms with van der Waals surface area (Å²) < 4.78 is 26.2. The molecule has 13 heavy (non-hydrogen) atoms. The van der Waals surface area contributed by atoms with Gasteiger partial charge in [0.15, 0.2) is 0 Å². The molecule has 0 radical (unpaired) electrons. The molecule has 0 amide bonds. The summed E-state index contributed by atoms with van der Waals surface area (Å²) in [6, 6.07) is 8.97. The van der Waals surface area contributed by atoms with E-state index in [0.29, 0.717) is 5.33 Å². The molecule has 0 aliphatic heterocycles. The highest BCUT2D eigenvalue weighted by molar-refractivity contribution is 9.09. The van der Waals surface area contributed by atoms with Gasteiger partial charge in [0.1, 0.15) is 0 Å². The van der Waals surface area contributed by atoms with E-state index >= 15 is 0 Å². The van der Waals surface area contributed by atoms with Gasteiger partial charge in [-0.2, -0.15) is 0 Å². The van der Waals surface area contributed by atoms with Gasteiger partial charge in [-0.15, -0.1) is 0 Å². The summed E-state index contributed by atoms with van der Waals surface area (Å²) in [6.45, 7) is 0. The maximum atomic E-state index is 13.1. The van der Waals surface area contributed by atoms with E-state index in [1.165, 1.54) is 0 Å². The minimum absolute atomic E-state index is 0.375. The van der Waals surface area contributed by atoms with Crippen LogP contribution >= 0.6 is 15.9 Å². The fourth-order valence-electron chi connectivity index (χ4n) is 1.70. The van der Waals surface area contributed by atoms with Crippen LogP contribution in [0.3, 0.4) is 0 Å². The minimum atomic E-state index is -2.51. The Balaban J connectivity index is 2.22. The topological polar surface area (TPSA) is 0 Å². The van der Waals surface area contributed by atoms with E-state index in [-0.39, 0.29) is 0 Å². The predicted octanol–water partition coefficient (Wildman–Crippen LogP) is 3.43. The second kappa shape index (κ2) is 3.05. The van der Waals surface area contributed by atoms with Crippen molar-refractivity contribution >= 4 is 15.9 Å². The van der Waals surface area contributed by atoms with E-state index in [1.54, 1.807) is 24.3 Å². The molecule has 2 atom stereocenters. The standard InChI is InChI=1S/C10H9BrF2/c11-6-8-9(10(8,12)13)7-4-2-1-3-5-7/h1-5,8-9H,6H2. The molecule has 0 bridgehead atoms. The van der Waals surface area contributed by atoms with Gasteiger partial charge in [-0.1, -0.05) is 46.3 Å². The van der Waals surface area contributed by atoms with Crippen molar-refractivity contribution < 1.29 is 8.78 Å². The summed E-state index contributed by atoms with van der Waals surface area (Å²) >= 11 is 3.11. The Kier molecular flexibility index (Phi) is 2.14. The highest BCUT2D eigenvalue weighted by atomic mass is 79.9. The molecule has 1 fully saturated rings. The highest BCUT2D eigenvalue weighted by Crippen LogP contribution is 2.61. The normalized spacial score (nSPS) is 30.1. The summed E-state index contributed by atoms with van der Waals surface area (Å²) in [5, 5.41) is 0.375. The Morgan fingerprint density at radius 1 is 1.23 bits per heavy atom. The average Bonchev–Trinajstić information content (AvgIpc) is 2.69. The Bertz CT molecular complexity index is 297. The van der Waals surface area contributed by atoms with Gasteiger partial charge in [0.05, 0.1) is 5.92 Å². The van der Waals surface area contributed by atoms with Crippen LogP contribution in [0.4, 0.5) is 8.78 Å². The number of alkyl halides is 3. The molecule has 0 aromatic heterocycles. The van der Waals surface area contributed by atoms with Gasteiger partial charge in [-0.3, -0.25) is 0 Å². The fourth-order valence-corrected chi connectivity index (χ4v) is 2.50. The van der Waals surface area contributed by atoms with E-state index in [2.05, 4.69) is 15.9 Å². The molecule has 0 heterocycles. The van der Waals surface area contributed by atoms with Gasteiger partial charge in [0, 0.05) is 11.2 Å². The highest BCUT2D eigenvalue weighted by Gasteiger charge is 2.67. The fraction of sp³-hybridized carbons (Fsp3) is 0.400. The Hall–Kier alpha value is -0.440. The SMILES string of the molecule is FC1(F)C(CBr)C1c1ccccc1. The maximum absolute atomic E-state index is 13.1. The van der Waals surface area contributed by atoms with Gasteiger partial charge >= 0.3 is 0 Å². The summed E-state index contributed by atoms with van der Waals surface area (Å²) in [7, 11) is 0. The van der Waals surface area contributed by atoms with Crippen molar-refractivity contribution in [2.45, 2.75) is 11.8 Å². The van der Waals surface area contributed by atoms with Crippen molar-refractivity contribution in [1.82, 2.24) is 0 Å². The van der Waals surface area contributed by atoms with E-state index in [1.807, 2.05) is 6.07 Å². The zero-order valence-corrected chi connectivity index (χ0v) is 8.47. The smallest absolute Gasteiger partial charge is 0.206 e. The number of rotatable bonds is 2. The number of hydrogen-bond donors (Lipinski definition) is 0. The van der Waals surface area contributed by atoms with Crippen LogP contribution in [0.5, 0.6) is 0 Å². The van der Waals surface area contributed by atoms with Crippen molar-refractivity contribution in [3.8, 4) is 0 Å². The molecule has 2 rings (SSSR count). The van der Waals surface area contributed by atoms with Crippen LogP contribution in [0.15, 0.2) is 30.3 Å². The molecule has 1 aromatic rings. The first-order valence-corrected chi connectivity index (χ1v) is 5.28. The van der Waals surface area contributed by atoms with Crippen LogP contribution in [-0.4, -0.2) is 11.3 Å². The molecule has 2 unspecified atom stereocenters. The maximum Gasteiger partial charge on any atom is 0.259 e. The van der Waals surface area contributed by atoms with E-state index in [9.17, 15) is 8.78 Å². The monoisotopic (exact) mass is 246 g/mol. The molecule has 1 aliphatic carbocycles. The lowest BCUT2D eigenvalue weighted by Gasteiger charge is -1.96. The van der Waals surface area contributed by atoms with Crippen molar-refractivity contribution in [1.29, 1.82) is 0 Å². The third kappa shape index (κ3) is 1.39. The molecular formula is C10H9BrF2. The summed E-state index contributed by atoms with van der Waals surface area (Å²) in [4.78, 5) is 0. The zero-order valence-electron chi connectivity index (χ0n) is 6.88. The molecule has 3 heteroatoms. The third-order valence-electron chi connectivity index (χ3n) is 2.53. The molecule has 0 N–H and O–H groups in total. The molecule has 1 saturated carbocycles. The van der Waals surface area contributed by atoms with E-state index < -0.39 is 17.8 Å². The van der Waals surface area contributed by atoms with Crippen LogP contribution < -0.4 is 0 Å². The second-order valence-electron chi connectivity index (χ2n) is 3.32. The van der Waals surface area contributed by atoms with Crippen molar-refractivity contribution in [3.05, 3.63) is 35.9 Å². The lowest BCUT2D eigenvalue weighted by atomic mass is 10.1. The first-order chi connectivity index (χ1) is 6.18. The Morgan fingerprint density at radius 3 is 2.31 bits per heavy atom. The first-order valence-electron chi connectivity index (χ1n) is 4.16. The lowest BCUT2D eigenvalue weighted by Crippen LogP contribution is -1.94. The van der Waals surface area contributed by atoms with Crippen molar-refractivity contribution in [3.63, 3.8) is 0 Å². The van der Waals surface area contributed by atoms with Crippen LogP contribution in [0.2, 0.25) is 0 Å². The van der Waals surface area contributed by atoms with Crippen molar-refractivity contribution in [2.75, 3.05) is 5.33 Å². The van der Waals surface area contributed by atoms with Crippen molar-refractivity contribution in [2.24, 2.45) is 5.92 Å². The lowest BCUT2D eigenvalue weighted by molar-refractivity contribution is 0.0973.